The molecule has 2 fully saturated rings. The first kappa shape index (κ1) is 15.0. The van der Waals surface area contributed by atoms with Gasteiger partial charge in [0.25, 0.3) is 0 Å². The van der Waals surface area contributed by atoms with Gasteiger partial charge >= 0.3 is 0 Å². The van der Waals surface area contributed by atoms with Crippen LogP contribution >= 0.6 is 0 Å². The SMILES string of the molecule is CCCc1ccc(S(=O)(=O)N2CC3CCC(N)C3C2)cc1. The Hall–Kier alpha value is -0.910. The van der Waals surface area contributed by atoms with Crippen molar-refractivity contribution in [3.8, 4) is 0 Å². The molecule has 3 atom stereocenters. The van der Waals surface area contributed by atoms with Gasteiger partial charge in [0, 0.05) is 19.1 Å². The first-order valence-corrected chi connectivity index (χ1v) is 9.31. The van der Waals surface area contributed by atoms with E-state index in [-0.39, 0.29) is 6.04 Å². The fraction of sp³-hybridized carbons (Fsp3) is 0.625. The fourth-order valence-electron chi connectivity index (χ4n) is 3.73. The molecule has 116 valence electrons. The van der Waals surface area contributed by atoms with Gasteiger partial charge in [-0.25, -0.2) is 8.42 Å². The van der Waals surface area contributed by atoms with E-state index in [0.717, 1.165) is 25.7 Å². The third kappa shape index (κ3) is 2.74. The maximum atomic E-state index is 12.7. The summed E-state index contributed by atoms with van der Waals surface area (Å²) in [5, 5.41) is 0. The smallest absolute Gasteiger partial charge is 0.243 e. The molecule has 1 saturated heterocycles. The summed E-state index contributed by atoms with van der Waals surface area (Å²) in [6.45, 7) is 3.35. The van der Waals surface area contributed by atoms with Gasteiger partial charge < -0.3 is 5.73 Å². The molecule has 1 aliphatic heterocycles. The molecule has 3 rings (SSSR count). The summed E-state index contributed by atoms with van der Waals surface area (Å²) < 4.78 is 27.1. The molecule has 0 bridgehead atoms. The molecule has 0 spiro atoms. The van der Waals surface area contributed by atoms with Gasteiger partial charge in [0.2, 0.25) is 10.0 Å². The van der Waals surface area contributed by atoms with Crippen LogP contribution in [0.2, 0.25) is 0 Å². The molecule has 2 N–H and O–H groups in total. The Balaban J connectivity index is 1.78. The zero-order valence-corrected chi connectivity index (χ0v) is 13.3. The molecule has 0 aromatic heterocycles. The molecule has 21 heavy (non-hydrogen) atoms. The summed E-state index contributed by atoms with van der Waals surface area (Å²) in [4.78, 5) is 0.413. The zero-order chi connectivity index (χ0) is 15.0. The molecule has 5 heteroatoms. The second-order valence-electron chi connectivity index (χ2n) is 6.38. The summed E-state index contributed by atoms with van der Waals surface area (Å²) in [5.74, 6) is 0.799. The lowest BCUT2D eigenvalue weighted by Crippen LogP contribution is -2.33. The summed E-state index contributed by atoms with van der Waals surface area (Å²) in [6, 6.07) is 7.52. The van der Waals surface area contributed by atoms with Crippen molar-refractivity contribution in [3.05, 3.63) is 29.8 Å². The van der Waals surface area contributed by atoms with E-state index in [1.54, 1.807) is 16.4 Å². The lowest BCUT2D eigenvalue weighted by Gasteiger charge is -2.18. The minimum absolute atomic E-state index is 0.169. The minimum Gasteiger partial charge on any atom is -0.327 e. The number of hydrogen-bond acceptors (Lipinski definition) is 3. The van der Waals surface area contributed by atoms with Gasteiger partial charge in [-0.3, -0.25) is 0 Å². The number of aryl methyl sites for hydroxylation is 1. The highest BCUT2D eigenvalue weighted by Gasteiger charge is 2.44. The molecule has 1 heterocycles. The van der Waals surface area contributed by atoms with E-state index in [1.165, 1.54) is 5.56 Å². The van der Waals surface area contributed by atoms with Crippen LogP contribution in [-0.2, 0) is 16.4 Å². The summed E-state index contributed by atoms with van der Waals surface area (Å²) >= 11 is 0. The fourth-order valence-corrected chi connectivity index (χ4v) is 5.26. The molecule has 3 unspecified atom stereocenters. The molecule has 1 aromatic carbocycles. The molecular formula is C16H24N2O2S. The third-order valence-corrected chi connectivity index (χ3v) is 6.82. The van der Waals surface area contributed by atoms with Gasteiger partial charge in [-0.1, -0.05) is 25.5 Å². The monoisotopic (exact) mass is 308 g/mol. The van der Waals surface area contributed by atoms with Crippen LogP contribution in [0.4, 0.5) is 0 Å². The van der Waals surface area contributed by atoms with Crippen molar-refractivity contribution in [2.75, 3.05) is 13.1 Å². The maximum absolute atomic E-state index is 12.7. The molecule has 0 radical (unpaired) electrons. The molecule has 2 aliphatic rings. The normalized spacial score (nSPS) is 29.7. The molecule has 0 amide bonds. The van der Waals surface area contributed by atoms with Crippen LogP contribution in [0.15, 0.2) is 29.2 Å². The van der Waals surface area contributed by atoms with Crippen molar-refractivity contribution in [1.29, 1.82) is 0 Å². The van der Waals surface area contributed by atoms with E-state index in [9.17, 15) is 8.42 Å². The molecular weight excluding hydrogens is 284 g/mol. The number of rotatable bonds is 4. The highest BCUT2D eigenvalue weighted by molar-refractivity contribution is 7.89. The van der Waals surface area contributed by atoms with Crippen molar-refractivity contribution in [3.63, 3.8) is 0 Å². The largest absolute Gasteiger partial charge is 0.327 e. The quantitative estimate of drug-likeness (QED) is 0.925. The van der Waals surface area contributed by atoms with Gasteiger partial charge in [-0.05, 0) is 48.8 Å². The number of fused-ring (bicyclic) bond motifs is 1. The van der Waals surface area contributed by atoms with Crippen LogP contribution in [0.1, 0.15) is 31.7 Å². The van der Waals surface area contributed by atoms with E-state index in [2.05, 4.69) is 6.92 Å². The van der Waals surface area contributed by atoms with Crippen LogP contribution in [0, 0.1) is 11.8 Å². The van der Waals surface area contributed by atoms with Crippen molar-refractivity contribution in [1.82, 2.24) is 4.31 Å². The van der Waals surface area contributed by atoms with Crippen molar-refractivity contribution in [2.24, 2.45) is 17.6 Å². The third-order valence-electron chi connectivity index (χ3n) is 4.98. The van der Waals surface area contributed by atoms with E-state index >= 15 is 0 Å². The predicted octanol–water partition coefficient (Wildman–Crippen LogP) is 2.00. The average Bonchev–Trinajstić information content (AvgIpc) is 3.03. The Morgan fingerprint density at radius 1 is 1.19 bits per heavy atom. The second kappa shape index (κ2) is 5.71. The van der Waals surface area contributed by atoms with Gasteiger partial charge in [0.15, 0.2) is 0 Å². The number of benzene rings is 1. The minimum atomic E-state index is -3.36. The van der Waals surface area contributed by atoms with Crippen molar-refractivity contribution in [2.45, 2.75) is 43.5 Å². The highest BCUT2D eigenvalue weighted by Crippen LogP contribution is 2.39. The van der Waals surface area contributed by atoms with E-state index in [0.29, 0.717) is 29.8 Å². The standard InChI is InChI=1S/C16H24N2O2S/c1-2-3-12-4-7-14(8-5-12)21(19,20)18-10-13-6-9-16(17)15(13)11-18/h4-5,7-8,13,15-16H,2-3,6,9-11,17H2,1H3. The van der Waals surface area contributed by atoms with Crippen LogP contribution < -0.4 is 5.73 Å². The molecule has 1 aromatic rings. The Kier molecular flexibility index (Phi) is 4.08. The van der Waals surface area contributed by atoms with Gasteiger partial charge in [-0.2, -0.15) is 4.31 Å². The van der Waals surface area contributed by atoms with Crippen LogP contribution in [0.3, 0.4) is 0 Å². The number of hydrogen-bond donors (Lipinski definition) is 1. The summed E-state index contributed by atoms with van der Waals surface area (Å²) in [5.41, 5.74) is 7.29. The van der Waals surface area contributed by atoms with E-state index in [1.807, 2.05) is 12.1 Å². The first-order chi connectivity index (χ1) is 10.0. The van der Waals surface area contributed by atoms with E-state index in [4.69, 9.17) is 5.73 Å². The maximum Gasteiger partial charge on any atom is 0.243 e. The van der Waals surface area contributed by atoms with Gasteiger partial charge in [0.05, 0.1) is 4.90 Å². The lowest BCUT2D eigenvalue weighted by atomic mass is 9.98. The zero-order valence-electron chi connectivity index (χ0n) is 12.5. The van der Waals surface area contributed by atoms with Crippen LogP contribution in [-0.4, -0.2) is 31.9 Å². The first-order valence-electron chi connectivity index (χ1n) is 7.87. The number of sulfonamides is 1. The Labute approximate surface area is 127 Å². The van der Waals surface area contributed by atoms with Crippen molar-refractivity contribution >= 4 is 10.0 Å². The second-order valence-corrected chi connectivity index (χ2v) is 8.32. The number of nitrogens with zero attached hydrogens (tertiary/aromatic N) is 1. The Bertz CT molecular complexity index is 597. The average molecular weight is 308 g/mol. The Morgan fingerprint density at radius 2 is 1.90 bits per heavy atom. The van der Waals surface area contributed by atoms with Crippen LogP contribution in [0.5, 0.6) is 0 Å². The molecule has 1 aliphatic carbocycles. The lowest BCUT2D eigenvalue weighted by molar-refractivity contribution is 0.427. The summed E-state index contributed by atoms with van der Waals surface area (Å²) in [6.07, 6.45) is 4.16. The summed E-state index contributed by atoms with van der Waals surface area (Å²) in [7, 11) is -3.36. The van der Waals surface area contributed by atoms with Crippen LogP contribution in [0.25, 0.3) is 0 Å². The van der Waals surface area contributed by atoms with Crippen molar-refractivity contribution < 1.29 is 8.42 Å². The number of nitrogens with two attached hydrogens (primary N) is 1. The highest BCUT2D eigenvalue weighted by atomic mass is 32.2. The predicted molar refractivity (Wildman–Crippen MR) is 83.4 cm³/mol. The molecule has 1 saturated carbocycles. The molecule has 4 nitrogen and oxygen atoms in total. The topological polar surface area (TPSA) is 63.4 Å². The van der Waals surface area contributed by atoms with E-state index < -0.39 is 10.0 Å². The van der Waals surface area contributed by atoms with Gasteiger partial charge in [-0.15, -0.1) is 0 Å². The van der Waals surface area contributed by atoms with Gasteiger partial charge in [0.1, 0.15) is 0 Å². The Morgan fingerprint density at radius 3 is 2.52 bits per heavy atom.